The molecule has 0 unspecified atom stereocenters. The average molecular weight is 254 g/mol. The normalized spacial score (nSPS) is 9.73. The third-order valence-electron chi connectivity index (χ3n) is 1.06. The molecular weight excluding hydrogens is 240 g/mol. The summed E-state index contributed by atoms with van der Waals surface area (Å²) in [6.45, 7) is 4.18. The van der Waals surface area contributed by atoms with Gasteiger partial charge in [-0.1, -0.05) is 0 Å². The van der Waals surface area contributed by atoms with Crippen molar-refractivity contribution in [3.8, 4) is 0 Å². The SMILES string of the molecule is CCOC(=O)CSOSCC(=O)OCC. The lowest BCUT2D eigenvalue weighted by molar-refractivity contribution is -0.140. The van der Waals surface area contributed by atoms with Crippen LogP contribution in [0.1, 0.15) is 13.8 Å². The van der Waals surface area contributed by atoms with Gasteiger partial charge in [-0.25, -0.2) is 3.63 Å². The minimum atomic E-state index is -0.334. The number of rotatable bonds is 8. The van der Waals surface area contributed by atoms with Crippen LogP contribution in [0.15, 0.2) is 0 Å². The monoisotopic (exact) mass is 254 g/mol. The fourth-order valence-electron chi connectivity index (χ4n) is 0.584. The first-order valence-electron chi connectivity index (χ1n) is 4.43. The molecule has 0 amide bonds. The van der Waals surface area contributed by atoms with Gasteiger partial charge >= 0.3 is 11.9 Å². The Balaban J connectivity index is 3.24. The van der Waals surface area contributed by atoms with Crippen LogP contribution in [0.25, 0.3) is 0 Å². The lowest BCUT2D eigenvalue weighted by atomic mass is 10.8. The highest BCUT2D eigenvalue weighted by Crippen LogP contribution is 2.14. The van der Waals surface area contributed by atoms with Gasteiger partial charge in [0.15, 0.2) is 0 Å². The topological polar surface area (TPSA) is 61.8 Å². The Bertz CT molecular complexity index is 177. The second kappa shape index (κ2) is 10.1. The van der Waals surface area contributed by atoms with Crippen molar-refractivity contribution in [2.75, 3.05) is 24.7 Å². The van der Waals surface area contributed by atoms with Crippen LogP contribution < -0.4 is 0 Å². The van der Waals surface area contributed by atoms with Crippen LogP contribution >= 0.6 is 24.1 Å². The smallest absolute Gasteiger partial charge is 0.318 e. The molecule has 0 saturated carbocycles. The second-order valence-electron chi connectivity index (χ2n) is 2.20. The van der Waals surface area contributed by atoms with Crippen molar-refractivity contribution >= 4 is 36.0 Å². The van der Waals surface area contributed by atoms with Gasteiger partial charge in [-0.2, -0.15) is 0 Å². The number of hydrogen-bond donors (Lipinski definition) is 0. The van der Waals surface area contributed by atoms with E-state index in [0.717, 1.165) is 24.1 Å². The standard InChI is InChI=1S/C8H14O5S2/c1-3-11-7(9)5-14-13-15-6-8(10)12-4-2/h3-6H2,1-2H3. The van der Waals surface area contributed by atoms with Crippen molar-refractivity contribution in [3.05, 3.63) is 0 Å². The van der Waals surface area contributed by atoms with E-state index in [9.17, 15) is 9.59 Å². The molecule has 88 valence electrons. The van der Waals surface area contributed by atoms with Crippen molar-refractivity contribution in [2.24, 2.45) is 0 Å². The zero-order chi connectivity index (χ0) is 11.5. The van der Waals surface area contributed by atoms with Crippen LogP contribution in [-0.2, 0) is 22.7 Å². The molecule has 15 heavy (non-hydrogen) atoms. The molecule has 0 radical (unpaired) electrons. The summed E-state index contributed by atoms with van der Waals surface area (Å²) in [5.74, 6) is -0.439. The maximum absolute atomic E-state index is 10.8. The molecule has 0 fully saturated rings. The van der Waals surface area contributed by atoms with Gasteiger partial charge in [-0.3, -0.25) is 9.59 Å². The van der Waals surface area contributed by atoms with Crippen molar-refractivity contribution in [1.29, 1.82) is 0 Å². The van der Waals surface area contributed by atoms with E-state index < -0.39 is 0 Å². The summed E-state index contributed by atoms with van der Waals surface area (Å²) in [4.78, 5) is 21.6. The quantitative estimate of drug-likeness (QED) is 0.369. The summed E-state index contributed by atoms with van der Waals surface area (Å²) < 4.78 is 14.2. The first kappa shape index (κ1) is 14.6. The molecule has 0 aliphatic rings. The number of carbonyl (C=O) groups is 2. The van der Waals surface area contributed by atoms with E-state index in [1.807, 2.05) is 0 Å². The van der Waals surface area contributed by atoms with Gasteiger partial charge in [-0.15, -0.1) is 0 Å². The van der Waals surface area contributed by atoms with Crippen molar-refractivity contribution in [2.45, 2.75) is 13.8 Å². The summed E-state index contributed by atoms with van der Waals surface area (Å²) in [5.41, 5.74) is 0. The lowest BCUT2D eigenvalue weighted by Crippen LogP contribution is -2.08. The molecule has 5 nitrogen and oxygen atoms in total. The molecule has 0 rings (SSSR count). The minimum absolute atomic E-state index is 0.115. The molecule has 0 bridgehead atoms. The summed E-state index contributed by atoms with van der Waals surface area (Å²) in [5, 5.41) is 0. The zero-order valence-electron chi connectivity index (χ0n) is 8.69. The summed E-state index contributed by atoms with van der Waals surface area (Å²) in [7, 11) is 0. The number of ether oxygens (including phenoxy) is 2. The molecule has 0 aliphatic heterocycles. The molecular formula is C8H14O5S2. The average Bonchev–Trinajstić information content (AvgIpc) is 2.18. The Labute approximate surface area is 97.6 Å². The first-order valence-corrected chi connectivity index (χ1v) is 6.25. The largest absolute Gasteiger partial charge is 0.465 e. The van der Waals surface area contributed by atoms with Gasteiger partial charge in [-0.05, 0) is 13.8 Å². The first-order chi connectivity index (χ1) is 7.20. The van der Waals surface area contributed by atoms with E-state index in [1.54, 1.807) is 13.8 Å². The van der Waals surface area contributed by atoms with Gasteiger partial charge in [0.05, 0.1) is 13.2 Å². The fourth-order valence-corrected chi connectivity index (χ4v) is 1.60. The highest BCUT2D eigenvalue weighted by molar-refractivity contribution is 8.08. The van der Waals surface area contributed by atoms with Crippen LogP contribution in [0.2, 0.25) is 0 Å². The minimum Gasteiger partial charge on any atom is -0.465 e. The van der Waals surface area contributed by atoms with Gasteiger partial charge in [0, 0.05) is 24.1 Å². The van der Waals surface area contributed by atoms with E-state index in [1.165, 1.54) is 0 Å². The van der Waals surface area contributed by atoms with Gasteiger partial charge in [0.1, 0.15) is 11.5 Å². The van der Waals surface area contributed by atoms with Crippen LogP contribution in [0.5, 0.6) is 0 Å². The summed E-state index contributed by atoms with van der Waals surface area (Å²) in [6.07, 6.45) is 0. The Kier molecular flexibility index (Phi) is 9.86. The van der Waals surface area contributed by atoms with Crippen LogP contribution in [0.3, 0.4) is 0 Å². The number of hydrogen-bond acceptors (Lipinski definition) is 7. The zero-order valence-corrected chi connectivity index (χ0v) is 10.3. The fraction of sp³-hybridized carbons (Fsp3) is 0.750. The third-order valence-corrected chi connectivity index (χ3v) is 2.54. The molecule has 0 spiro atoms. The van der Waals surface area contributed by atoms with Crippen LogP contribution in [0.4, 0.5) is 0 Å². The van der Waals surface area contributed by atoms with E-state index in [4.69, 9.17) is 3.63 Å². The predicted octanol–water partition coefficient (Wildman–Crippen LogP) is 1.43. The molecule has 0 aromatic carbocycles. The highest BCUT2D eigenvalue weighted by Gasteiger charge is 2.05. The van der Waals surface area contributed by atoms with Crippen LogP contribution in [0, 0.1) is 0 Å². The number of carbonyl (C=O) groups excluding carboxylic acids is 2. The molecule has 0 atom stereocenters. The second-order valence-corrected chi connectivity index (χ2v) is 3.80. The van der Waals surface area contributed by atoms with E-state index in [0.29, 0.717) is 13.2 Å². The predicted molar refractivity (Wildman–Crippen MR) is 59.3 cm³/mol. The molecule has 0 N–H and O–H groups in total. The van der Waals surface area contributed by atoms with E-state index >= 15 is 0 Å². The molecule has 0 heterocycles. The van der Waals surface area contributed by atoms with Crippen molar-refractivity contribution < 1.29 is 22.7 Å². The maximum atomic E-state index is 10.8. The molecule has 0 aliphatic carbocycles. The molecule has 0 aromatic rings. The Morgan fingerprint density at radius 1 is 0.933 bits per heavy atom. The highest BCUT2D eigenvalue weighted by atomic mass is 32.2. The Morgan fingerprint density at radius 3 is 1.67 bits per heavy atom. The molecule has 0 aromatic heterocycles. The summed E-state index contributed by atoms with van der Waals surface area (Å²) >= 11 is 1.88. The molecule has 0 saturated heterocycles. The Hall–Kier alpha value is -0.400. The third kappa shape index (κ3) is 9.89. The van der Waals surface area contributed by atoms with E-state index in [2.05, 4.69) is 9.47 Å². The van der Waals surface area contributed by atoms with Crippen molar-refractivity contribution in [1.82, 2.24) is 0 Å². The number of esters is 2. The van der Waals surface area contributed by atoms with Crippen molar-refractivity contribution in [3.63, 3.8) is 0 Å². The van der Waals surface area contributed by atoms with Gasteiger partial charge in [0.2, 0.25) is 0 Å². The van der Waals surface area contributed by atoms with Gasteiger partial charge in [0.25, 0.3) is 0 Å². The molecule has 7 heteroatoms. The van der Waals surface area contributed by atoms with Crippen LogP contribution in [-0.4, -0.2) is 36.7 Å². The van der Waals surface area contributed by atoms with E-state index in [-0.39, 0.29) is 23.4 Å². The lowest BCUT2D eigenvalue weighted by Gasteiger charge is -2.01. The van der Waals surface area contributed by atoms with Gasteiger partial charge < -0.3 is 9.47 Å². The Morgan fingerprint density at radius 2 is 1.33 bits per heavy atom. The summed E-state index contributed by atoms with van der Waals surface area (Å²) in [6, 6.07) is 0. The maximum Gasteiger partial charge on any atom is 0.318 e.